The summed E-state index contributed by atoms with van der Waals surface area (Å²) in [6.45, 7) is 5.82. The highest BCUT2D eigenvalue weighted by Gasteiger charge is 2.35. The first-order valence-electron chi connectivity index (χ1n) is 12.3. The average molecular weight is 479 g/mol. The molecule has 1 fully saturated rings. The molecule has 2 amide bonds. The van der Waals surface area contributed by atoms with Crippen LogP contribution in [0.15, 0.2) is 48.5 Å². The van der Waals surface area contributed by atoms with Crippen LogP contribution in [0.3, 0.4) is 0 Å². The quantitative estimate of drug-likeness (QED) is 0.485. The number of carboxylic acids is 1. The number of carboxylic acid groups (broad SMARTS) is 1. The number of rotatable bonds is 9. The van der Waals surface area contributed by atoms with Gasteiger partial charge in [0.25, 0.3) is 0 Å². The van der Waals surface area contributed by atoms with E-state index in [0.29, 0.717) is 12.3 Å². The molecule has 186 valence electrons. The third-order valence-electron chi connectivity index (χ3n) is 6.96. The van der Waals surface area contributed by atoms with Crippen molar-refractivity contribution in [3.63, 3.8) is 0 Å². The standard InChI is InChI=1S/C28H34N2O5/c1-28(2,3)24(15-25(31)32)30-26(33)23(14-17-12-13-17)29-27(34)35-16-22-20-10-6-4-8-18(20)19-9-5-7-11-21(19)22/h4-11,17,22-24H,12-16H2,1-3H3,(H,29,34)(H,30,33)(H,31,32). The summed E-state index contributed by atoms with van der Waals surface area (Å²) in [5.41, 5.74) is 4.09. The van der Waals surface area contributed by atoms with Gasteiger partial charge >= 0.3 is 12.1 Å². The number of carbonyl (C=O) groups is 3. The molecule has 2 aliphatic carbocycles. The maximum atomic E-state index is 13.1. The fourth-order valence-electron chi connectivity index (χ4n) is 4.72. The van der Waals surface area contributed by atoms with Crippen LogP contribution in [0.1, 0.15) is 63.5 Å². The van der Waals surface area contributed by atoms with Gasteiger partial charge in [0.15, 0.2) is 0 Å². The molecule has 4 rings (SSSR count). The molecule has 2 unspecified atom stereocenters. The SMILES string of the molecule is CC(C)(C)C(CC(=O)O)NC(=O)C(CC1CC1)NC(=O)OCC1c2ccccc2-c2ccccc21. The van der Waals surface area contributed by atoms with Crippen molar-refractivity contribution in [2.24, 2.45) is 11.3 Å². The van der Waals surface area contributed by atoms with Crippen molar-refractivity contribution >= 4 is 18.0 Å². The van der Waals surface area contributed by atoms with Gasteiger partial charge < -0.3 is 20.5 Å². The number of ether oxygens (including phenoxy) is 1. The number of nitrogens with one attached hydrogen (secondary N) is 2. The Bertz CT molecular complexity index is 1060. The Morgan fingerprint density at radius 2 is 1.54 bits per heavy atom. The highest BCUT2D eigenvalue weighted by atomic mass is 16.5. The van der Waals surface area contributed by atoms with E-state index in [-0.39, 0.29) is 24.9 Å². The summed E-state index contributed by atoms with van der Waals surface area (Å²) >= 11 is 0. The summed E-state index contributed by atoms with van der Waals surface area (Å²) in [5, 5.41) is 14.9. The summed E-state index contributed by atoms with van der Waals surface area (Å²) in [5.74, 6) is -1.03. The first-order valence-corrected chi connectivity index (χ1v) is 12.3. The number of hydrogen-bond donors (Lipinski definition) is 3. The number of amides is 2. The van der Waals surface area contributed by atoms with E-state index in [4.69, 9.17) is 4.74 Å². The van der Waals surface area contributed by atoms with Crippen LogP contribution in [0.25, 0.3) is 11.1 Å². The minimum atomic E-state index is -0.978. The predicted octanol–water partition coefficient (Wildman–Crippen LogP) is 4.70. The van der Waals surface area contributed by atoms with Crippen LogP contribution in [0, 0.1) is 11.3 Å². The van der Waals surface area contributed by atoms with E-state index < -0.39 is 29.6 Å². The van der Waals surface area contributed by atoms with Gasteiger partial charge in [-0.2, -0.15) is 0 Å². The molecule has 0 saturated heterocycles. The molecule has 2 aromatic carbocycles. The van der Waals surface area contributed by atoms with Gasteiger partial charge in [-0.05, 0) is 40.0 Å². The molecule has 0 radical (unpaired) electrons. The molecule has 2 aliphatic rings. The molecule has 35 heavy (non-hydrogen) atoms. The van der Waals surface area contributed by atoms with Crippen molar-refractivity contribution < 1.29 is 24.2 Å². The molecule has 3 N–H and O–H groups in total. The summed E-state index contributed by atoms with van der Waals surface area (Å²) in [6.07, 6.45) is 1.73. The van der Waals surface area contributed by atoms with Crippen molar-refractivity contribution in [1.82, 2.24) is 10.6 Å². The van der Waals surface area contributed by atoms with E-state index in [1.54, 1.807) is 0 Å². The molecular formula is C28H34N2O5. The Kier molecular flexibility index (Phi) is 7.15. The Hall–Kier alpha value is -3.35. The number of alkyl carbamates (subject to hydrolysis) is 1. The molecule has 0 aliphatic heterocycles. The Morgan fingerprint density at radius 3 is 2.06 bits per heavy atom. The van der Waals surface area contributed by atoms with Crippen molar-refractivity contribution in [1.29, 1.82) is 0 Å². The first kappa shape index (κ1) is 24.8. The summed E-state index contributed by atoms with van der Waals surface area (Å²) < 4.78 is 5.63. The van der Waals surface area contributed by atoms with Gasteiger partial charge in [0.1, 0.15) is 12.6 Å². The van der Waals surface area contributed by atoms with E-state index in [9.17, 15) is 19.5 Å². The molecule has 0 spiro atoms. The highest BCUT2D eigenvalue weighted by Crippen LogP contribution is 2.44. The van der Waals surface area contributed by atoms with Gasteiger partial charge in [0.2, 0.25) is 5.91 Å². The van der Waals surface area contributed by atoms with Crippen molar-refractivity contribution in [2.45, 2.75) is 64.5 Å². The van der Waals surface area contributed by atoms with Gasteiger partial charge in [-0.3, -0.25) is 9.59 Å². The van der Waals surface area contributed by atoms with Crippen LogP contribution in [-0.2, 0) is 14.3 Å². The molecule has 0 bridgehead atoms. The molecule has 7 heteroatoms. The first-order chi connectivity index (χ1) is 16.6. The number of carbonyl (C=O) groups excluding carboxylic acids is 2. The van der Waals surface area contributed by atoms with Crippen LogP contribution >= 0.6 is 0 Å². The highest BCUT2D eigenvalue weighted by molar-refractivity contribution is 5.86. The Balaban J connectivity index is 1.41. The molecule has 0 heterocycles. The van der Waals surface area contributed by atoms with Gasteiger partial charge in [0.05, 0.1) is 6.42 Å². The van der Waals surface area contributed by atoms with Gasteiger partial charge in [0, 0.05) is 12.0 Å². The molecule has 1 saturated carbocycles. The largest absolute Gasteiger partial charge is 0.481 e. The summed E-state index contributed by atoms with van der Waals surface area (Å²) in [6, 6.07) is 14.9. The Morgan fingerprint density at radius 1 is 0.971 bits per heavy atom. The van der Waals surface area contributed by atoms with Crippen LogP contribution in [0.2, 0.25) is 0 Å². The lowest BCUT2D eigenvalue weighted by Crippen LogP contribution is -2.53. The van der Waals surface area contributed by atoms with Gasteiger partial charge in [-0.15, -0.1) is 0 Å². The van der Waals surface area contributed by atoms with Crippen molar-refractivity contribution in [3.05, 3.63) is 59.7 Å². The summed E-state index contributed by atoms with van der Waals surface area (Å²) in [7, 11) is 0. The number of hydrogen-bond acceptors (Lipinski definition) is 4. The third-order valence-corrected chi connectivity index (χ3v) is 6.96. The van der Waals surface area contributed by atoms with Crippen LogP contribution < -0.4 is 10.6 Å². The fraction of sp³-hybridized carbons (Fsp3) is 0.464. The number of fused-ring (bicyclic) bond motifs is 3. The predicted molar refractivity (Wildman–Crippen MR) is 133 cm³/mol. The third kappa shape index (κ3) is 6.02. The van der Waals surface area contributed by atoms with Crippen LogP contribution in [0.4, 0.5) is 4.79 Å². The smallest absolute Gasteiger partial charge is 0.407 e. The fourth-order valence-corrected chi connectivity index (χ4v) is 4.72. The normalized spacial score (nSPS) is 16.5. The van der Waals surface area contributed by atoms with Crippen LogP contribution in [-0.4, -0.2) is 41.8 Å². The van der Waals surface area contributed by atoms with E-state index in [1.165, 1.54) is 0 Å². The summed E-state index contributed by atoms with van der Waals surface area (Å²) in [4.78, 5) is 37.2. The van der Waals surface area contributed by atoms with E-state index in [1.807, 2.05) is 45.0 Å². The Labute approximate surface area is 206 Å². The second kappa shape index (κ2) is 10.1. The van der Waals surface area contributed by atoms with E-state index in [0.717, 1.165) is 35.1 Å². The second-order valence-corrected chi connectivity index (χ2v) is 10.7. The van der Waals surface area contributed by atoms with Crippen LogP contribution in [0.5, 0.6) is 0 Å². The maximum Gasteiger partial charge on any atom is 0.407 e. The monoisotopic (exact) mass is 478 g/mol. The van der Waals surface area contributed by atoms with E-state index >= 15 is 0 Å². The van der Waals surface area contributed by atoms with E-state index in [2.05, 4.69) is 34.9 Å². The zero-order valence-electron chi connectivity index (χ0n) is 20.5. The molecule has 2 aromatic rings. The zero-order valence-corrected chi connectivity index (χ0v) is 20.5. The molecule has 2 atom stereocenters. The van der Waals surface area contributed by atoms with Crippen molar-refractivity contribution in [3.8, 4) is 11.1 Å². The number of benzene rings is 2. The molecule has 7 nitrogen and oxygen atoms in total. The molecular weight excluding hydrogens is 444 g/mol. The lowest BCUT2D eigenvalue weighted by atomic mass is 9.84. The maximum absolute atomic E-state index is 13.1. The molecule has 0 aromatic heterocycles. The number of aliphatic carboxylic acids is 1. The lowest BCUT2D eigenvalue weighted by molar-refractivity contribution is -0.138. The van der Waals surface area contributed by atoms with Crippen molar-refractivity contribution in [2.75, 3.05) is 6.61 Å². The zero-order chi connectivity index (χ0) is 25.2. The average Bonchev–Trinajstić information content (AvgIpc) is 3.56. The second-order valence-electron chi connectivity index (χ2n) is 10.7. The lowest BCUT2D eigenvalue weighted by Gasteiger charge is -2.32. The topological polar surface area (TPSA) is 105 Å². The van der Waals surface area contributed by atoms with Gasteiger partial charge in [-0.1, -0.05) is 82.1 Å². The van der Waals surface area contributed by atoms with Gasteiger partial charge in [-0.25, -0.2) is 4.79 Å². The minimum absolute atomic E-state index is 0.0651. The minimum Gasteiger partial charge on any atom is -0.481 e.